The summed E-state index contributed by atoms with van der Waals surface area (Å²) in [5.74, 6) is -0.220. The molecule has 1 aromatic carbocycles. The van der Waals surface area contributed by atoms with Crippen LogP contribution >= 0.6 is 0 Å². The summed E-state index contributed by atoms with van der Waals surface area (Å²) in [4.78, 5) is 26.1. The SMILES string of the molecule is O=c1c2ccccc2ncn1/N=C/c1ccc([N+](=O)[O-])o1. The van der Waals surface area contributed by atoms with Crippen molar-refractivity contribution in [2.45, 2.75) is 0 Å². The van der Waals surface area contributed by atoms with Crippen LogP contribution in [0.15, 0.2) is 57.0 Å². The monoisotopic (exact) mass is 284 g/mol. The zero-order valence-electron chi connectivity index (χ0n) is 10.5. The molecule has 0 N–H and O–H groups in total. The number of fused-ring (bicyclic) bond motifs is 1. The summed E-state index contributed by atoms with van der Waals surface area (Å²) >= 11 is 0. The molecule has 8 heteroatoms. The van der Waals surface area contributed by atoms with Gasteiger partial charge < -0.3 is 4.42 Å². The number of hydrogen-bond acceptors (Lipinski definition) is 6. The zero-order chi connectivity index (χ0) is 14.8. The smallest absolute Gasteiger partial charge is 0.400 e. The van der Waals surface area contributed by atoms with Gasteiger partial charge >= 0.3 is 5.88 Å². The lowest BCUT2D eigenvalue weighted by molar-refractivity contribution is -0.402. The largest absolute Gasteiger partial charge is 0.433 e. The number of para-hydroxylation sites is 1. The Labute approximate surface area is 117 Å². The van der Waals surface area contributed by atoms with Crippen LogP contribution in [0.2, 0.25) is 0 Å². The van der Waals surface area contributed by atoms with Crippen LogP contribution in [-0.2, 0) is 0 Å². The van der Waals surface area contributed by atoms with Crippen LogP contribution in [0.5, 0.6) is 0 Å². The lowest BCUT2D eigenvalue weighted by Crippen LogP contribution is -2.16. The van der Waals surface area contributed by atoms with Gasteiger partial charge in [-0.05, 0) is 18.2 Å². The Morgan fingerprint density at radius 1 is 1.29 bits per heavy atom. The minimum absolute atomic E-state index is 0.168. The summed E-state index contributed by atoms with van der Waals surface area (Å²) < 4.78 is 5.95. The molecule has 0 aliphatic heterocycles. The fraction of sp³-hybridized carbons (Fsp3) is 0. The number of benzene rings is 1. The van der Waals surface area contributed by atoms with E-state index in [2.05, 4.69) is 10.1 Å². The molecule has 2 aromatic heterocycles. The van der Waals surface area contributed by atoms with Gasteiger partial charge in [0.1, 0.15) is 11.3 Å². The first-order chi connectivity index (χ1) is 10.1. The Hall–Kier alpha value is -3.29. The second-order valence-corrected chi connectivity index (χ2v) is 4.09. The van der Waals surface area contributed by atoms with Crippen LogP contribution in [0, 0.1) is 10.1 Å². The van der Waals surface area contributed by atoms with Crippen LogP contribution in [0.1, 0.15) is 5.76 Å². The fourth-order valence-corrected chi connectivity index (χ4v) is 1.77. The van der Waals surface area contributed by atoms with Crippen molar-refractivity contribution < 1.29 is 9.34 Å². The van der Waals surface area contributed by atoms with Crippen LogP contribution in [0.25, 0.3) is 10.9 Å². The Bertz CT molecular complexity index is 910. The van der Waals surface area contributed by atoms with Gasteiger partial charge in [0, 0.05) is 0 Å². The Balaban J connectivity index is 1.97. The summed E-state index contributed by atoms with van der Waals surface area (Å²) in [6.07, 6.45) is 2.49. The topological polar surface area (TPSA) is 104 Å². The minimum Gasteiger partial charge on any atom is -0.400 e. The van der Waals surface area contributed by atoms with Gasteiger partial charge in [0.2, 0.25) is 0 Å². The molecular formula is C13H8N4O4. The van der Waals surface area contributed by atoms with E-state index in [1.165, 1.54) is 24.7 Å². The second kappa shape index (κ2) is 5.00. The van der Waals surface area contributed by atoms with E-state index in [0.29, 0.717) is 10.9 Å². The van der Waals surface area contributed by atoms with Crippen LogP contribution in [0.3, 0.4) is 0 Å². The van der Waals surface area contributed by atoms with Gasteiger partial charge in [0.25, 0.3) is 5.56 Å². The van der Waals surface area contributed by atoms with Gasteiger partial charge in [-0.2, -0.15) is 9.78 Å². The molecule has 0 amide bonds. The molecular weight excluding hydrogens is 276 g/mol. The first-order valence-electron chi connectivity index (χ1n) is 5.90. The van der Waals surface area contributed by atoms with E-state index in [-0.39, 0.29) is 17.2 Å². The van der Waals surface area contributed by atoms with Crippen molar-refractivity contribution >= 4 is 23.0 Å². The summed E-state index contributed by atoms with van der Waals surface area (Å²) in [6.45, 7) is 0. The van der Waals surface area contributed by atoms with Crippen LogP contribution in [-0.4, -0.2) is 20.8 Å². The third-order valence-electron chi connectivity index (χ3n) is 2.75. The van der Waals surface area contributed by atoms with Crippen molar-refractivity contribution in [1.29, 1.82) is 0 Å². The number of hydrogen-bond donors (Lipinski definition) is 0. The normalized spacial score (nSPS) is 11.2. The van der Waals surface area contributed by atoms with Crippen LogP contribution < -0.4 is 5.56 Å². The predicted octanol–water partition coefficient (Wildman–Crippen LogP) is 1.78. The molecule has 0 atom stereocenters. The standard InChI is InChI=1S/C13H8N4O4/c18-13-10-3-1-2-4-11(10)14-8-16(13)15-7-9-5-6-12(21-9)17(19)20/h1-8H/b15-7+. The molecule has 0 aliphatic carbocycles. The van der Waals surface area contributed by atoms with Gasteiger partial charge in [-0.15, -0.1) is 0 Å². The van der Waals surface area contributed by atoms with E-state index >= 15 is 0 Å². The Kier molecular flexibility index (Phi) is 3.03. The van der Waals surface area contributed by atoms with Gasteiger partial charge in [0.05, 0.1) is 23.2 Å². The molecule has 104 valence electrons. The number of furan rings is 1. The summed E-state index contributed by atoms with van der Waals surface area (Å²) in [6, 6.07) is 9.48. The third kappa shape index (κ3) is 2.41. The highest BCUT2D eigenvalue weighted by molar-refractivity contribution is 5.78. The molecule has 0 aliphatic rings. The van der Waals surface area contributed by atoms with Crippen molar-refractivity contribution in [2.24, 2.45) is 5.10 Å². The van der Waals surface area contributed by atoms with Gasteiger partial charge in [-0.3, -0.25) is 14.9 Å². The van der Waals surface area contributed by atoms with E-state index in [9.17, 15) is 14.9 Å². The van der Waals surface area contributed by atoms with Crippen molar-refractivity contribution in [1.82, 2.24) is 9.66 Å². The summed E-state index contributed by atoms with van der Waals surface area (Å²) in [5, 5.41) is 14.8. The molecule has 0 spiro atoms. The van der Waals surface area contributed by atoms with E-state index in [0.717, 1.165) is 4.68 Å². The Morgan fingerprint density at radius 2 is 2.10 bits per heavy atom. The molecule has 0 radical (unpaired) electrons. The molecule has 8 nitrogen and oxygen atoms in total. The average molecular weight is 284 g/mol. The molecule has 2 heterocycles. The first kappa shape index (κ1) is 12.7. The van der Waals surface area contributed by atoms with Crippen molar-refractivity contribution in [3.05, 3.63) is 69.0 Å². The number of nitrogens with zero attached hydrogens (tertiary/aromatic N) is 4. The summed E-state index contributed by atoms with van der Waals surface area (Å²) in [7, 11) is 0. The predicted molar refractivity (Wildman–Crippen MR) is 74.4 cm³/mol. The highest BCUT2D eigenvalue weighted by Crippen LogP contribution is 2.13. The minimum atomic E-state index is -0.652. The molecule has 0 fully saturated rings. The average Bonchev–Trinajstić information content (AvgIpc) is 2.96. The van der Waals surface area contributed by atoms with E-state index < -0.39 is 4.92 Å². The van der Waals surface area contributed by atoms with Gasteiger partial charge in [0.15, 0.2) is 5.76 Å². The van der Waals surface area contributed by atoms with Crippen molar-refractivity contribution in [3.63, 3.8) is 0 Å². The van der Waals surface area contributed by atoms with E-state index in [4.69, 9.17) is 4.42 Å². The number of nitro groups is 1. The van der Waals surface area contributed by atoms with Crippen LogP contribution in [0.4, 0.5) is 5.88 Å². The second-order valence-electron chi connectivity index (χ2n) is 4.09. The maximum Gasteiger partial charge on any atom is 0.433 e. The zero-order valence-corrected chi connectivity index (χ0v) is 10.5. The summed E-state index contributed by atoms with van der Waals surface area (Å²) in [5.41, 5.74) is 0.237. The quantitative estimate of drug-likeness (QED) is 0.414. The van der Waals surface area contributed by atoms with Gasteiger partial charge in [-0.1, -0.05) is 12.1 Å². The maximum atomic E-state index is 12.1. The van der Waals surface area contributed by atoms with Gasteiger partial charge in [-0.25, -0.2) is 4.98 Å². The molecule has 3 rings (SSSR count). The Morgan fingerprint density at radius 3 is 2.86 bits per heavy atom. The third-order valence-corrected chi connectivity index (χ3v) is 2.75. The first-order valence-corrected chi connectivity index (χ1v) is 5.90. The highest BCUT2D eigenvalue weighted by atomic mass is 16.6. The molecule has 0 saturated heterocycles. The molecule has 21 heavy (non-hydrogen) atoms. The highest BCUT2D eigenvalue weighted by Gasteiger charge is 2.10. The van der Waals surface area contributed by atoms with Crippen molar-refractivity contribution in [2.75, 3.05) is 0 Å². The van der Waals surface area contributed by atoms with E-state index in [1.807, 2.05) is 0 Å². The number of aromatic nitrogens is 2. The lowest BCUT2D eigenvalue weighted by atomic mass is 10.2. The molecule has 3 aromatic rings. The lowest BCUT2D eigenvalue weighted by Gasteiger charge is -1.99. The van der Waals surface area contributed by atoms with Crippen molar-refractivity contribution in [3.8, 4) is 0 Å². The number of rotatable bonds is 3. The fourth-order valence-electron chi connectivity index (χ4n) is 1.77. The molecule has 0 unspecified atom stereocenters. The molecule has 0 bridgehead atoms. The molecule has 0 saturated carbocycles. The maximum absolute atomic E-state index is 12.1. The van der Waals surface area contributed by atoms with E-state index in [1.54, 1.807) is 24.3 Å².